The number of halogens is 1. The summed E-state index contributed by atoms with van der Waals surface area (Å²) in [7, 11) is 1.22. The molecule has 3 aromatic rings. The summed E-state index contributed by atoms with van der Waals surface area (Å²) in [5.41, 5.74) is 0.700. The lowest BCUT2D eigenvalue weighted by Crippen LogP contribution is -2.21. The molecule has 0 aliphatic heterocycles. The van der Waals surface area contributed by atoms with Crippen LogP contribution in [-0.2, 0) is 4.74 Å². The van der Waals surface area contributed by atoms with Gasteiger partial charge in [0, 0.05) is 21.6 Å². The summed E-state index contributed by atoms with van der Waals surface area (Å²) in [6, 6.07) is 6.64. The van der Waals surface area contributed by atoms with Crippen molar-refractivity contribution in [1.82, 2.24) is 4.98 Å². The molecule has 8 heteroatoms. The van der Waals surface area contributed by atoms with Crippen molar-refractivity contribution in [2.75, 3.05) is 12.4 Å². The van der Waals surface area contributed by atoms with Crippen LogP contribution < -0.4 is 10.9 Å². The van der Waals surface area contributed by atoms with Crippen molar-refractivity contribution in [3.05, 3.63) is 62.2 Å². The third kappa shape index (κ3) is 3.20. The fraction of sp³-hybridized carbons (Fsp3) is 0.118. The van der Waals surface area contributed by atoms with Crippen LogP contribution in [0.15, 0.2) is 44.1 Å². The Morgan fingerprint density at radius 1 is 1.28 bits per heavy atom. The van der Waals surface area contributed by atoms with Crippen molar-refractivity contribution >= 4 is 44.5 Å². The van der Waals surface area contributed by atoms with Crippen LogP contribution in [0, 0.1) is 6.92 Å². The lowest BCUT2D eigenvalue weighted by atomic mass is 10.1. The van der Waals surface area contributed by atoms with Crippen LogP contribution in [0.5, 0.6) is 0 Å². The molecule has 2 N–H and O–H groups in total. The predicted molar refractivity (Wildman–Crippen MR) is 95.0 cm³/mol. The minimum absolute atomic E-state index is 0.0751. The van der Waals surface area contributed by atoms with Gasteiger partial charge < -0.3 is 19.5 Å². The highest BCUT2D eigenvalue weighted by atomic mass is 79.9. The van der Waals surface area contributed by atoms with Gasteiger partial charge in [-0.05, 0) is 31.2 Å². The molecular formula is C17H13BrN2O5. The molecule has 0 radical (unpaired) electrons. The predicted octanol–water partition coefficient (Wildman–Crippen LogP) is 3.23. The molecule has 0 saturated heterocycles. The number of anilines is 1. The van der Waals surface area contributed by atoms with Crippen LogP contribution in [0.2, 0.25) is 0 Å². The second-order valence-electron chi connectivity index (χ2n) is 5.27. The van der Waals surface area contributed by atoms with Crippen molar-refractivity contribution in [2.45, 2.75) is 6.92 Å². The summed E-state index contributed by atoms with van der Waals surface area (Å²) in [5.74, 6) is -1.12. The van der Waals surface area contributed by atoms with Crippen molar-refractivity contribution in [3.63, 3.8) is 0 Å². The van der Waals surface area contributed by atoms with Crippen molar-refractivity contribution in [3.8, 4) is 0 Å². The van der Waals surface area contributed by atoms with Gasteiger partial charge in [-0.25, -0.2) is 4.79 Å². The Morgan fingerprint density at radius 2 is 2.04 bits per heavy atom. The Bertz CT molecular complexity index is 1050. The first-order valence-corrected chi connectivity index (χ1v) is 8.01. The van der Waals surface area contributed by atoms with Crippen LogP contribution in [-0.4, -0.2) is 24.0 Å². The summed E-state index contributed by atoms with van der Waals surface area (Å²) < 4.78 is 11.0. The van der Waals surface area contributed by atoms with Gasteiger partial charge in [0.15, 0.2) is 5.76 Å². The number of hydrogen-bond acceptors (Lipinski definition) is 5. The minimum atomic E-state index is -0.628. The molecule has 0 atom stereocenters. The second-order valence-corrected chi connectivity index (χ2v) is 6.19. The molecule has 7 nitrogen and oxygen atoms in total. The lowest BCUT2D eigenvalue weighted by molar-refractivity contribution is 0.0600. The summed E-state index contributed by atoms with van der Waals surface area (Å²) in [6.07, 6.45) is 1.22. The minimum Gasteiger partial charge on any atom is -0.465 e. The van der Waals surface area contributed by atoms with E-state index in [9.17, 15) is 14.4 Å². The number of furan rings is 1. The summed E-state index contributed by atoms with van der Waals surface area (Å²) in [5, 5.41) is 3.25. The van der Waals surface area contributed by atoms with E-state index in [1.54, 1.807) is 19.1 Å². The molecule has 2 heterocycles. The Morgan fingerprint density at radius 3 is 2.76 bits per heavy atom. The zero-order valence-corrected chi connectivity index (χ0v) is 14.9. The number of aryl methyl sites for hydroxylation is 1. The highest BCUT2D eigenvalue weighted by molar-refractivity contribution is 9.10. The summed E-state index contributed by atoms with van der Waals surface area (Å²) in [6.45, 7) is 1.75. The fourth-order valence-corrected chi connectivity index (χ4v) is 2.76. The molecule has 0 fully saturated rings. The molecule has 1 aromatic carbocycles. The van der Waals surface area contributed by atoms with Gasteiger partial charge in [-0.3, -0.25) is 9.59 Å². The zero-order valence-electron chi connectivity index (χ0n) is 13.3. The number of carbonyl (C=O) groups excluding carboxylic acids is 2. The number of amides is 1. The van der Waals surface area contributed by atoms with E-state index in [0.717, 1.165) is 9.86 Å². The summed E-state index contributed by atoms with van der Waals surface area (Å²) >= 11 is 3.37. The average molecular weight is 405 g/mol. The smallest absolute Gasteiger partial charge is 0.339 e. The highest BCUT2D eigenvalue weighted by Gasteiger charge is 2.19. The van der Waals surface area contributed by atoms with Gasteiger partial charge in [0.2, 0.25) is 0 Å². The van der Waals surface area contributed by atoms with E-state index < -0.39 is 17.4 Å². The third-order valence-corrected chi connectivity index (χ3v) is 4.17. The lowest BCUT2D eigenvalue weighted by Gasteiger charge is -2.05. The van der Waals surface area contributed by atoms with Gasteiger partial charge in [-0.1, -0.05) is 15.9 Å². The first-order chi connectivity index (χ1) is 11.9. The maximum Gasteiger partial charge on any atom is 0.339 e. The Kier molecular flexibility index (Phi) is 4.45. The van der Waals surface area contributed by atoms with E-state index >= 15 is 0 Å². The number of nitrogens with one attached hydrogen (secondary N) is 2. The molecule has 0 aliphatic rings. The number of aromatic amines is 1. The molecule has 0 aliphatic carbocycles. The monoisotopic (exact) mass is 404 g/mol. The number of pyridine rings is 1. The Hall–Kier alpha value is -2.87. The van der Waals surface area contributed by atoms with Gasteiger partial charge in [-0.2, -0.15) is 0 Å². The van der Waals surface area contributed by atoms with E-state index in [-0.39, 0.29) is 17.0 Å². The van der Waals surface area contributed by atoms with E-state index in [1.165, 1.54) is 19.4 Å². The molecule has 1 amide bonds. The topological polar surface area (TPSA) is 101 Å². The third-order valence-electron chi connectivity index (χ3n) is 3.68. The summed E-state index contributed by atoms with van der Waals surface area (Å²) in [4.78, 5) is 38.3. The van der Waals surface area contributed by atoms with Crippen LogP contribution in [0.25, 0.3) is 11.0 Å². The van der Waals surface area contributed by atoms with Gasteiger partial charge in [-0.15, -0.1) is 0 Å². The van der Waals surface area contributed by atoms with Gasteiger partial charge in [0.25, 0.3) is 11.5 Å². The number of fused-ring (bicyclic) bond motifs is 1. The van der Waals surface area contributed by atoms with E-state index in [2.05, 4.69) is 31.0 Å². The number of esters is 1. The largest absolute Gasteiger partial charge is 0.465 e. The number of hydrogen-bond donors (Lipinski definition) is 2. The number of ether oxygens (including phenoxy) is 1. The standard InChI is InChI=1S/C17H13BrN2O5/c1-8-11-6-10(18)3-4-13(11)25-14(8)16(22)20-12-5-9(17(23)24-2)7-19-15(12)21/h3-7H,1-2H3,(H,19,21)(H,20,22). The number of H-pyrrole nitrogens is 1. The molecular weight excluding hydrogens is 392 g/mol. The van der Waals surface area contributed by atoms with E-state index in [0.29, 0.717) is 11.1 Å². The molecule has 3 rings (SSSR count). The van der Waals surface area contributed by atoms with Crippen LogP contribution >= 0.6 is 15.9 Å². The first-order valence-electron chi connectivity index (χ1n) is 7.21. The maximum absolute atomic E-state index is 12.5. The molecule has 0 bridgehead atoms. The molecule has 0 saturated carbocycles. The number of benzene rings is 1. The van der Waals surface area contributed by atoms with Gasteiger partial charge in [0.05, 0.1) is 12.7 Å². The first kappa shape index (κ1) is 17.0. The van der Waals surface area contributed by atoms with Crippen molar-refractivity contribution in [1.29, 1.82) is 0 Å². The quantitative estimate of drug-likeness (QED) is 0.652. The molecule has 0 unspecified atom stereocenters. The van der Waals surface area contributed by atoms with E-state index in [4.69, 9.17) is 4.42 Å². The molecule has 2 aromatic heterocycles. The molecule has 128 valence electrons. The Labute approximate surface area is 150 Å². The highest BCUT2D eigenvalue weighted by Crippen LogP contribution is 2.28. The number of carbonyl (C=O) groups is 2. The van der Waals surface area contributed by atoms with Crippen molar-refractivity contribution in [2.24, 2.45) is 0 Å². The van der Waals surface area contributed by atoms with Crippen molar-refractivity contribution < 1.29 is 18.7 Å². The Balaban J connectivity index is 1.97. The number of rotatable bonds is 3. The van der Waals surface area contributed by atoms with Gasteiger partial charge >= 0.3 is 5.97 Å². The zero-order chi connectivity index (χ0) is 18.1. The second kappa shape index (κ2) is 6.56. The number of aromatic nitrogens is 1. The molecule has 25 heavy (non-hydrogen) atoms. The number of methoxy groups -OCH3 is 1. The van der Waals surface area contributed by atoms with Crippen LogP contribution in [0.1, 0.15) is 26.5 Å². The molecule has 0 spiro atoms. The van der Waals surface area contributed by atoms with Crippen LogP contribution in [0.3, 0.4) is 0 Å². The van der Waals surface area contributed by atoms with Crippen LogP contribution in [0.4, 0.5) is 5.69 Å². The van der Waals surface area contributed by atoms with Gasteiger partial charge in [0.1, 0.15) is 11.3 Å². The van der Waals surface area contributed by atoms with E-state index in [1.807, 2.05) is 6.07 Å². The average Bonchev–Trinajstić information content (AvgIpc) is 2.92. The normalized spacial score (nSPS) is 10.7. The fourth-order valence-electron chi connectivity index (χ4n) is 2.40. The maximum atomic E-state index is 12.5. The SMILES string of the molecule is COC(=O)c1c[nH]c(=O)c(NC(=O)c2oc3ccc(Br)cc3c2C)c1.